The topological polar surface area (TPSA) is 41.6 Å². The van der Waals surface area contributed by atoms with Crippen molar-refractivity contribution in [3.63, 3.8) is 0 Å². The molecule has 0 amide bonds. The number of aromatic amines is 1. The van der Waals surface area contributed by atoms with E-state index in [1.54, 1.807) is 6.07 Å². The van der Waals surface area contributed by atoms with Crippen LogP contribution >= 0.6 is 15.9 Å². The zero-order valence-corrected chi connectivity index (χ0v) is 11.4. The molecule has 0 radical (unpaired) electrons. The molecule has 5 heteroatoms. The second-order valence-electron chi connectivity index (χ2n) is 4.65. The van der Waals surface area contributed by atoms with Crippen molar-refractivity contribution in [1.82, 2.24) is 15.2 Å². The molecule has 0 atom stereocenters. The number of nitrogens with one attached hydrogen (secondary N) is 1. The van der Waals surface area contributed by atoms with Gasteiger partial charge in [-0.05, 0) is 47.0 Å². The van der Waals surface area contributed by atoms with Gasteiger partial charge >= 0.3 is 0 Å². The van der Waals surface area contributed by atoms with Crippen molar-refractivity contribution in [2.45, 2.75) is 31.6 Å². The molecule has 1 aliphatic carbocycles. The predicted octanol–water partition coefficient (Wildman–Crippen LogP) is 4.03. The van der Waals surface area contributed by atoms with Gasteiger partial charge in [0.2, 0.25) is 0 Å². The molecular weight excluding hydrogens is 297 g/mol. The Labute approximate surface area is 113 Å². The van der Waals surface area contributed by atoms with Crippen molar-refractivity contribution in [3.05, 3.63) is 34.3 Å². The van der Waals surface area contributed by atoms with Crippen LogP contribution in [-0.2, 0) is 0 Å². The number of nitrogens with zero attached hydrogens (tertiary/aromatic N) is 2. The van der Waals surface area contributed by atoms with Crippen molar-refractivity contribution < 1.29 is 4.39 Å². The van der Waals surface area contributed by atoms with Gasteiger partial charge in [-0.25, -0.2) is 9.37 Å². The van der Waals surface area contributed by atoms with Crippen LogP contribution in [0.2, 0.25) is 0 Å². The van der Waals surface area contributed by atoms with Crippen molar-refractivity contribution in [3.8, 4) is 11.4 Å². The molecule has 0 aliphatic heterocycles. The van der Waals surface area contributed by atoms with E-state index in [2.05, 4.69) is 31.1 Å². The van der Waals surface area contributed by atoms with Gasteiger partial charge in [0.1, 0.15) is 11.6 Å². The first-order chi connectivity index (χ1) is 8.74. The Bertz CT molecular complexity index is 561. The monoisotopic (exact) mass is 309 g/mol. The van der Waals surface area contributed by atoms with E-state index in [0.29, 0.717) is 16.2 Å². The van der Waals surface area contributed by atoms with Crippen LogP contribution in [0.1, 0.15) is 37.4 Å². The minimum atomic E-state index is -0.267. The van der Waals surface area contributed by atoms with E-state index in [9.17, 15) is 4.39 Å². The molecule has 1 aliphatic rings. The highest BCUT2D eigenvalue weighted by Gasteiger charge is 2.21. The summed E-state index contributed by atoms with van der Waals surface area (Å²) in [6.45, 7) is 0. The van der Waals surface area contributed by atoms with Gasteiger partial charge in [-0.15, -0.1) is 0 Å². The number of hydrogen-bond donors (Lipinski definition) is 1. The van der Waals surface area contributed by atoms with Gasteiger partial charge in [0.05, 0.1) is 0 Å². The fourth-order valence-corrected chi connectivity index (χ4v) is 2.98. The summed E-state index contributed by atoms with van der Waals surface area (Å²) in [6.07, 6.45) is 4.89. The van der Waals surface area contributed by atoms with Crippen molar-refractivity contribution in [1.29, 1.82) is 0 Å². The Kier molecular flexibility index (Phi) is 3.16. The minimum Gasteiger partial charge on any atom is -0.262 e. The lowest BCUT2D eigenvalue weighted by Gasteiger charge is -2.02. The largest absolute Gasteiger partial charge is 0.262 e. The fraction of sp³-hybridized carbons (Fsp3) is 0.385. The summed E-state index contributed by atoms with van der Waals surface area (Å²) in [6, 6.07) is 4.55. The van der Waals surface area contributed by atoms with Gasteiger partial charge in [0.25, 0.3) is 0 Å². The highest BCUT2D eigenvalue weighted by molar-refractivity contribution is 9.10. The summed E-state index contributed by atoms with van der Waals surface area (Å²) in [5, 5.41) is 7.25. The smallest absolute Gasteiger partial charge is 0.182 e. The molecule has 1 fully saturated rings. The van der Waals surface area contributed by atoms with Gasteiger partial charge < -0.3 is 0 Å². The lowest BCUT2D eigenvalue weighted by atomic mass is 10.1. The van der Waals surface area contributed by atoms with Crippen LogP contribution in [0, 0.1) is 5.82 Å². The van der Waals surface area contributed by atoms with Gasteiger partial charge in [-0.3, -0.25) is 5.10 Å². The quantitative estimate of drug-likeness (QED) is 0.910. The van der Waals surface area contributed by atoms with Gasteiger partial charge in [0.15, 0.2) is 5.82 Å². The second kappa shape index (κ2) is 4.80. The third kappa shape index (κ3) is 2.19. The first-order valence-electron chi connectivity index (χ1n) is 6.12. The Balaban J connectivity index is 1.92. The molecule has 0 spiro atoms. The lowest BCUT2D eigenvalue weighted by Crippen LogP contribution is -1.94. The number of halogens is 2. The number of aromatic nitrogens is 3. The van der Waals surface area contributed by atoms with E-state index < -0.39 is 0 Å². The van der Waals surface area contributed by atoms with E-state index in [-0.39, 0.29) is 5.82 Å². The van der Waals surface area contributed by atoms with Gasteiger partial charge in [-0.2, -0.15) is 5.10 Å². The maximum absolute atomic E-state index is 13.0. The summed E-state index contributed by atoms with van der Waals surface area (Å²) in [5.74, 6) is 1.82. The van der Waals surface area contributed by atoms with Crippen LogP contribution < -0.4 is 0 Å². The highest BCUT2D eigenvalue weighted by Crippen LogP contribution is 2.33. The van der Waals surface area contributed by atoms with Crippen LogP contribution in [0.15, 0.2) is 22.7 Å². The summed E-state index contributed by atoms with van der Waals surface area (Å²) >= 11 is 3.34. The maximum atomic E-state index is 13.0. The molecule has 3 nitrogen and oxygen atoms in total. The number of rotatable bonds is 2. The SMILES string of the molecule is Fc1ccc(-c2n[nH]c(C3CCCC3)n2)c(Br)c1. The number of H-pyrrole nitrogens is 1. The molecule has 18 heavy (non-hydrogen) atoms. The standard InChI is InChI=1S/C13H13BrFN3/c14-11-7-9(15)5-6-10(11)13-16-12(17-18-13)8-3-1-2-4-8/h5-8H,1-4H2,(H,16,17,18). The minimum absolute atomic E-state index is 0.267. The molecule has 0 unspecified atom stereocenters. The van der Waals surface area contributed by atoms with Crippen LogP contribution in [-0.4, -0.2) is 15.2 Å². The zero-order chi connectivity index (χ0) is 12.5. The summed E-state index contributed by atoms with van der Waals surface area (Å²) in [4.78, 5) is 4.53. The maximum Gasteiger partial charge on any atom is 0.182 e. The zero-order valence-electron chi connectivity index (χ0n) is 9.79. The van der Waals surface area contributed by atoms with E-state index in [1.807, 2.05) is 0 Å². The van der Waals surface area contributed by atoms with Crippen LogP contribution in [0.3, 0.4) is 0 Å². The first-order valence-corrected chi connectivity index (χ1v) is 6.91. The highest BCUT2D eigenvalue weighted by atomic mass is 79.9. The summed E-state index contributed by atoms with van der Waals surface area (Å²) in [7, 11) is 0. The molecule has 1 N–H and O–H groups in total. The van der Waals surface area contributed by atoms with Crippen LogP contribution in [0.25, 0.3) is 11.4 Å². The van der Waals surface area contributed by atoms with E-state index in [4.69, 9.17) is 0 Å². The van der Waals surface area contributed by atoms with Crippen LogP contribution in [0.5, 0.6) is 0 Å². The molecule has 1 aromatic carbocycles. The Morgan fingerprint density at radius 1 is 1.28 bits per heavy atom. The predicted molar refractivity (Wildman–Crippen MR) is 70.7 cm³/mol. The Hall–Kier alpha value is -1.23. The van der Waals surface area contributed by atoms with Crippen LogP contribution in [0.4, 0.5) is 4.39 Å². The fourth-order valence-electron chi connectivity index (χ4n) is 2.45. The number of hydrogen-bond acceptors (Lipinski definition) is 2. The second-order valence-corrected chi connectivity index (χ2v) is 5.50. The molecule has 0 bridgehead atoms. The Morgan fingerprint density at radius 2 is 2.06 bits per heavy atom. The van der Waals surface area contributed by atoms with Gasteiger partial charge in [-0.1, -0.05) is 12.8 Å². The molecule has 1 saturated carbocycles. The molecule has 0 saturated heterocycles. The van der Waals surface area contributed by atoms with Crippen molar-refractivity contribution in [2.75, 3.05) is 0 Å². The molecule has 2 aromatic rings. The molecule has 1 heterocycles. The van der Waals surface area contributed by atoms with Crippen molar-refractivity contribution in [2.24, 2.45) is 0 Å². The lowest BCUT2D eigenvalue weighted by molar-refractivity contribution is 0.627. The third-order valence-corrected chi connectivity index (χ3v) is 4.07. The third-order valence-electron chi connectivity index (χ3n) is 3.42. The summed E-state index contributed by atoms with van der Waals surface area (Å²) < 4.78 is 13.7. The van der Waals surface area contributed by atoms with E-state index in [1.165, 1.54) is 37.8 Å². The summed E-state index contributed by atoms with van der Waals surface area (Å²) in [5.41, 5.74) is 0.817. The first kappa shape index (κ1) is 11.8. The molecule has 3 rings (SSSR count). The average molecular weight is 310 g/mol. The molecular formula is C13H13BrFN3. The van der Waals surface area contributed by atoms with Crippen molar-refractivity contribution >= 4 is 15.9 Å². The average Bonchev–Trinajstić information content (AvgIpc) is 2.99. The Morgan fingerprint density at radius 3 is 2.78 bits per heavy atom. The normalized spacial score (nSPS) is 16.3. The number of benzene rings is 1. The van der Waals surface area contributed by atoms with E-state index in [0.717, 1.165) is 11.4 Å². The van der Waals surface area contributed by atoms with Gasteiger partial charge in [0, 0.05) is 16.0 Å². The molecule has 94 valence electrons. The molecule has 1 aromatic heterocycles. The van der Waals surface area contributed by atoms with E-state index >= 15 is 0 Å².